The van der Waals surface area contributed by atoms with Gasteiger partial charge in [0.1, 0.15) is 0 Å². The van der Waals surface area contributed by atoms with Gasteiger partial charge in [0.05, 0.1) is 6.42 Å². The van der Waals surface area contributed by atoms with Gasteiger partial charge in [-0.2, -0.15) is 0 Å². The molecule has 3 nitrogen and oxygen atoms in total. The predicted molar refractivity (Wildman–Crippen MR) is 64.6 cm³/mol. The molecular weight excluding hydrogens is 226 g/mol. The van der Waals surface area contributed by atoms with E-state index in [-0.39, 0.29) is 12.5 Å². The Morgan fingerprint density at radius 1 is 1.50 bits per heavy atom. The van der Waals surface area contributed by atoms with E-state index in [2.05, 4.69) is 0 Å². The average molecular weight is 242 g/mol. The summed E-state index contributed by atoms with van der Waals surface area (Å²) in [4.78, 5) is 12.6. The Morgan fingerprint density at radius 3 is 2.69 bits per heavy atom. The first-order chi connectivity index (χ1) is 7.50. The molecule has 1 atom stereocenters. The van der Waals surface area contributed by atoms with Crippen LogP contribution in [0.4, 0.5) is 0 Å². The second-order valence-corrected chi connectivity index (χ2v) is 4.36. The first-order valence-electron chi connectivity index (χ1n) is 5.16. The van der Waals surface area contributed by atoms with Crippen LogP contribution in [0.2, 0.25) is 5.02 Å². The highest BCUT2D eigenvalue weighted by Crippen LogP contribution is 2.17. The van der Waals surface area contributed by atoms with Gasteiger partial charge >= 0.3 is 5.97 Å². The Morgan fingerprint density at radius 2 is 2.12 bits per heavy atom. The first-order valence-corrected chi connectivity index (χ1v) is 5.54. The summed E-state index contributed by atoms with van der Waals surface area (Å²) in [7, 11) is 1.90. The largest absolute Gasteiger partial charge is 0.481 e. The summed E-state index contributed by atoms with van der Waals surface area (Å²) in [5.74, 6) is -0.779. The van der Waals surface area contributed by atoms with E-state index in [1.54, 1.807) is 0 Å². The van der Waals surface area contributed by atoms with E-state index < -0.39 is 5.97 Å². The molecule has 1 rings (SSSR count). The Bertz CT molecular complexity index is 368. The van der Waals surface area contributed by atoms with Crippen molar-refractivity contribution in [2.24, 2.45) is 0 Å². The van der Waals surface area contributed by atoms with Gasteiger partial charge in [-0.3, -0.25) is 9.69 Å². The topological polar surface area (TPSA) is 40.5 Å². The molecule has 0 radical (unpaired) electrons. The number of rotatable bonds is 5. The summed E-state index contributed by atoms with van der Waals surface area (Å²) < 4.78 is 0. The van der Waals surface area contributed by atoms with Crippen LogP contribution in [0.25, 0.3) is 0 Å². The van der Waals surface area contributed by atoms with Crippen LogP contribution in [-0.4, -0.2) is 29.1 Å². The molecule has 0 fully saturated rings. The van der Waals surface area contributed by atoms with E-state index >= 15 is 0 Å². The zero-order valence-electron chi connectivity index (χ0n) is 9.48. The number of carboxylic acid groups (broad SMARTS) is 1. The van der Waals surface area contributed by atoms with E-state index in [4.69, 9.17) is 16.7 Å². The van der Waals surface area contributed by atoms with Gasteiger partial charge in [0, 0.05) is 17.6 Å². The lowest BCUT2D eigenvalue weighted by Crippen LogP contribution is -2.30. The molecule has 1 N–H and O–H groups in total. The van der Waals surface area contributed by atoms with E-state index in [9.17, 15) is 4.79 Å². The Labute approximate surface area is 101 Å². The smallest absolute Gasteiger partial charge is 0.304 e. The minimum Gasteiger partial charge on any atom is -0.481 e. The van der Waals surface area contributed by atoms with Crippen LogP contribution in [-0.2, 0) is 11.3 Å². The molecule has 0 heterocycles. The van der Waals surface area contributed by atoms with E-state index in [0.717, 1.165) is 10.6 Å². The summed E-state index contributed by atoms with van der Waals surface area (Å²) in [6, 6.07) is 7.59. The molecule has 0 saturated heterocycles. The molecule has 0 bridgehead atoms. The zero-order valence-corrected chi connectivity index (χ0v) is 10.2. The van der Waals surface area contributed by atoms with Crippen molar-refractivity contribution in [3.63, 3.8) is 0 Å². The van der Waals surface area contributed by atoms with E-state index in [0.29, 0.717) is 6.54 Å². The summed E-state index contributed by atoms with van der Waals surface area (Å²) in [5.41, 5.74) is 1.02. The van der Waals surface area contributed by atoms with Crippen LogP contribution >= 0.6 is 11.6 Å². The van der Waals surface area contributed by atoms with Crippen molar-refractivity contribution in [1.82, 2.24) is 4.90 Å². The third kappa shape index (κ3) is 3.83. The van der Waals surface area contributed by atoms with Crippen molar-refractivity contribution < 1.29 is 9.90 Å². The summed E-state index contributed by atoms with van der Waals surface area (Å²) in [5, 5.41) is 9.42. The van der Waals surface area contributed by atoms with Crippen molar-refractivity contribution in [3.8, 4) is 0 Å². The maximum absolute atomic E-state index is 10.6. The molecule has 1 aromatic rings. The molecule has 88 valence electrons. The Kier molecular flexibility index (Phi) is 4.77. The van der Waals surface area contributed by atoms with Gasteiger partial charge in [-0.05, 0) is 25.6 Å². The van der Waals surface area contributed by atoms with Gasteiger partial charge < -0.3 is 5.11 Å². The maximum atomic E-state index is 10.6. The Hall–Kier alpha value is -1.06. The molecule has 0 spiro atoms. The summed E-state index contributed by atoms with van der Waals surface area (Å²) in [6.45, 7) is 2.55. The highest BCUT2D eigenvalue weighted by atomic mass is 35.5. The number of hydrogen-bond acceptors (Lipinski definition) is 2. The van der Waals surface area contributed by atoms with Gasteiger partial charge in [-0.15, -0.1) is 0 Å². The lowest BCUT2D eigenvalue weighted by Gasteiger charge is -2.23. The van der Waals surface area contributed by atoms with Crippen LogP contribution in [0.5, 0.6) is 0 Å². The van der Waals surface area contributed by atoms with Gasteiger partial charge in [-0.25, -0.2) is 0 Å². The van der Waals surface area contributed by atoms with Gasteiger partial charge in [0.2, 0.25) is 0 Å². The van der Waals surface area contributed by atoms with Crippen LogP contribution in [0, 0.1) is 0 Å². The number of halogens is 1. The van der Waals surface area contributed by atoms with Gasteiger partial charge in [-0.1, -0.05) is 29.8 Å². The lowest BCUT2D eigenvalue weighted by atomic mass is 10.1. The van der Waals surface area contributed by atoms with Gasteiger partial charge in [0.15, 0.2) is 0 Å². The second kappa shape index (κ2) is 5.87. The van der Waals surface area contributed by atoms with Crippen LogP contribution in [0.3, 0.4) is 0 Å². The number of carboxylic acids is 1. The number of benzene rings is 1. The first kappa shape index (κ1) is 13.0. The monoisotopic (exact) mass is 241 g/mol. The molecule has 16 heavy (non-hydrogen) atoms. The number of aliphatic carboxylic acids is 1. The maximum Gasteiger partial charge on any atom is 0.304 e. The molecular formula is C12H16ClNO2. The summed E-state index contributed by atoms with van der Waals surface area (Å²) >= 11 is 6.04. The Balaban J connectivity index is 2.60. The lowest BCUT2D eigenvalue weighted by molar-refractivity contribution is -0.138. The fraction of sp³-hybridized carbons (Fsp3) is 0.417. The zero-order chi connectivity index (χ0) is 12.1. The fourth-order valence-corrected chi connectivity index (χ4v) is 1.66. The molecule has 1 unspecified atom stereocenters. The van der Waals surface area contributed by atoms with E-state index in [1.807, 2.05) is 43.1 Å². The van der Waals surface area contributed by atoms with Crippen molar-refractivity contribution in [2.45, 2.75) is 25.9 Å². The number of nitrogens with zero attached hydrogens (tertiary/aromatic N) is 1. The highest BCUT2D eigenvalue weighted by molar-refractivity contribution is 6.31. The van der Waals surface area contributed by atoms with Crippen LogP contribution in [0.15, 0.2) is 24.3 Å². The SMILES string of the molecule is CC(CC(=O)O)N(C)Cc1ccccc1Cl. The quantitative estimate of drug-likeness (QED) is 0.862. The van der Waals surface area contributed by atoms with Crippen LogP contribution < -0.4 is 0 Å². The van der Waals surface area contributed by atoms with Crippen LogP contribution in [0.1, 0.15) is 18.9 Å². The molecule has 0 aliphatic heterocycles. The predicted octanol–water partition coefficient (Wildman–Crippen LogP) is 2.64. The number of hydrogen-bond donors (Lipinski definition) is 1. The number of carbonyl (C=O) groups is 1. The minimum absolute atomic E-state index is 0.00577. The second-order valence-electron chi connectivity index (χ2n) is 3.95. The fourth-order valence-electron chi connectivity index (χ4n) is 1.46. The third-order valence-corrected chi connectivity index (χ3v) is 2.97. The molecule has 0 aliphatic rings. The third-order valence-electron chi connectivity index (χ3n) is 2.60. The molecule has 0 aromatic heterocycles. The standard InChI is InChI=1S/C12H16ClNO2/c1-9(7-12(15)16)14(2)8-10-5-3-4-6-11(10)13/h3-6,9H,7-8H2,1-2H3,(H,15,16). The normalized spacial score (nSPS) is 12.8. The average Bonchev–Trinajstić information content (AvgIpc) is 2.20. The highest BCUT2D eigenvalue weighted by Gasteiger charge is 2.14. The van der Waals surface area contributed by atoms with Crippen molar-refractivity contribution in [1.29, 1.82) is 0 Å². The molecule has 0 saturated carbocycles. The minimum atomic E-state index is -0.779. The van der Waals surface area contributed by atoms with Crippen molar-refractivity contribution >= 4 is 17.6 Å². The summed E-state index contributed by atoms with van der Waals surface area (Å²) in [6.07, 6.45) is 0.140. The van der Waals surface area contributed by atoms with Crippen molar-refractivity contribution in [2.75, 3.05) is 7.05 Å². The molecule has 1 aromatic carbocycles. The van der Waals surface area contributed by atoms with E-state index in [1.165, 1.54) is 0 Å². The molecule has 0 aliphatic carbocycles. The molecule has 4 heteroatoms. The molecule has 0 amide bonds. The van der Waals surface area contributed by atoms with Gasteiger partial charge in [0.25, 0.3) is 0 Å². The van der Waals surface area contributed by atoms with Crippen molar-refractivity contribution in [3.05, 3.63) is 34.9 Å².